The Hall–Kier alpha value is -3.10. The summed E-state index contributed by atoms with van der Waals surface area (Å²) >= 11 is 0. The highest BCUT2D eigenvalue weighted by molar-refractivity contribution is 5.76. The topological polar surface area (TPSA) is 68.9 Å². The number of hydrogen-bond acceptors (Lipinski definition) is 3. The van der Waals surface area contributed by atoms with Crippen molar-refractivity contribution in [1.29, 1.82) is 0 Å². The minimum absolute atomic E-state index is 0.257. The number of alkyl halides is 3. The molecule has 0 spiro atoms. The molecule has 0 aliphatic heterocycles. The highest BCUT2D eigenvalue weighted by Gasteiger charge is 2.34. The van der Waals surface area contributed by atoms with E-state index in [1.54, 1.807) is 6.33 Å². The van der Waals surface area contributed by atoms with Gasteiger partial charge in [-0.15, -0.1) is 0 Å². The smallest absolute Gasteiger partial charge is 0.353 e. The largest absolute Gasteiger partial charge is 0.421 e. The van der Waals surface area contributed by atoms with Gasteiger partial charge in [-0.1, -0.05) is 12.1 Å². The van der Waals surface area contributed by atoms with Gasteiger partial charge in [-0.25, -0.2) is 4.98 Å². The van der Waals surface area contributed by atoms with Gasteiger partial charge in [-0.2, -0.15) is 13.2 Å². The summed E-state index contributed by atoms with van der Waals surface area (Å²) in [7, 11) is 0. The van der Waals surface area contributed by atoms with E-state index in [1.807, 2.05) is 28.8 Å². The van der Waals surface area contributed by atoms with Crippen LogP contribution in [0.3, 0.4) is 0 Å². The van der Waals surface area contributed by atoms with E-state index in [9.17, 15) is 22.8 Å². The molecular formula is C17H15F3N4O2. The molecule has 0 aliphatic rings. The Labute approximate surface area is 145 Å². The summed E-state index contributed by atoms with van der Waals surface area (Å²) in [6, 6.07) is 9.29. The molecule has 0 unspecified atom stereocenters. The van der Waals surface area contributed by atoms with Gasteiger partial charge < -0.3 is 14.5 Å². The summed E-state index contributed by atoms with van der Waals surface area (Å²) in [6.45, 7) is 0.226. The van der Waals surface area contributed by atoms with E-state index >= 15 is 0 Å². The highest BCUT2D eigenvalue weighted by Crippen LogP contribution is 2.25. The first-order valence-electron chi connectivity index (χ1n) is 7.79. The van der Waals surface area contributed by atoms with Crippen molar-refractivity contribution in [3.63, 3.8) is 0 Å². The van der Waals surface area contributed by atoms with Crippen LogP contribution in [0.25, 0.3) is 11.0 Å². The zero-order chi connectivity index (χ0) is 18.7. The molecule has 0 atom stereocenters. The Morgan fingerprint density at radius 3 is 2.65 bits per heavy atom. The van der Waals surface area contributed by atoms with Crippen molar-refractivity contribution in [2.45, 2.75) is 19.3 Å². The molecule has 0 saturated heterocycles. The van der Waals surface area contributed by atoms with Crippen LogP contribution in [0.2, 0.25) is 0 Å². The molecule has 3 aromatic rings. The summed E-state index contributed by atoms with van der Waals surface area (Å²) in [4.78, 5) is 28.0. The number of pyridine rings is 1. The molecule has 1 N–H and O–H groups in total. The lowest BCUT2D eigenvalue weighted by Crippen LogP contribution is -2.35. The Morgan fingerprint density at radius 2 is 1.88 bits per heavy atom. The lowest BCUT2D eigenvalue weighted by molar-refractivity contribution is -0.139. The Bertz CT molecular complexity index is 991. The van der Waals surface area contributed by atoms with Gasteiger partial charge >= 0.3 is 6.18 Å². The molecule has 2 heterocycles. The molecule has 3 rings (SSSR count). The van der Waals surface area contributed by atoms with Crippen LogP contribution in [0.15, 0.2) is 53.7 Å². The molecule has 136 valence electrons. The van der Waals surface area contributed by atoms with E-state index < -0.39 is 29.8 Å². The Kier molecular flexibility index (Phi) is 4.79. The van der Waals surface area contributed by atoms with E-state index in [0.717, 1.165) is 27.9 Å². The molecule has 0 bridgehead atoms. The van der Waals surface area contributed by atoms with Crippen LogP contribution in [0.4, 0.5) is 13.2 Å². The third-order valence-corrected chi connectivity index (χ3v) is 3.84. The zero-order valence-corrected chi connectivity index (χ0v) is 13.5. The van der Waals surface area contributed by atoms with Crippen molar-refractivity contribution in [2.24, 2.45) is 0 Å². The number of rotatable bonds is 5. The number of nitrogens with zero attached hydrogens (tertiary/aromatic N) is 3. The number of amides is 1. The maximum Gasteiger partial charge on any atom is 0.421 e. The average molecular weight is 364 g/mol. The zero-order valence-electron chi connectivity index (χ0n) is 13.5. The van der Waals surface area contributed by atoms with Crippen LogP contribution in [0, 0.1) is 0 Å². The van der Waals surface area contributed by atoms with Gasteiger partial charge in [0.1, 0.15) is 12.1 Å². The van der Waals surface area contributed by atoms with Gasteiger partial charge in [0.2, 0.25) is 5.91 Å². The summed E-state index contributed by atoms with van der Waals surface area (Å²) in [5.41, 5.74) is -0.793. The number of carbonyl (C=O) groups is 1. The SMILES string of the molecule is O=C(Cn1cccc(C(F)(F)F)c1=O)NCCn1cnc2ccccc21. The second-order valence-corrected chi connectivity index (χ2v) is 5.63. The monoisotopic (exact) mass is 364 g/mol. The molecule has 0 radical (unpaired) electrons. The van der Waals surface area contributed by atoms with Crippen molar-refractivity contribution >= 4 is 16.9 Å². The van der Waals surface area contributed by atoms with Crippen molar-refractivity contribution in [1.82, 2.24) is 19.4 Å². The lowest BCUT2D eigenvalue weighted by Gasteiger charge is -2.11. The number of benzene rings is 1. The van der Waals surface area contributed by atoms with E-state index in [4.69, 9.17) is 0 Å². The maximum absolute atomic E-state index is 12.7. The van der Waals surface area contributed by atoms with Crippen LogP contribution >= 0.6 is 0 Å². The predicted molar refractivity (Wildman–Crippen MR) is 88.4 cm³/mol. The minimum Gasteiger partial charge on any atom is -0.353 e. The summed E-state index contributed by atoms with van der Waals surface area (Å²) in [5, 5.41) is 2.59. The molecule has 26 heavy (non-hydrogen) atoms. The quantitative estimate of drug-likeness (QED) is 0.753. The van der Waals surface area contributed by atoms with Crippen LogP contribution in [-0.4, -0.2) is 26.6 Å². The minimum atomic E-state index is -4.75. The average Bonchev–Trinajstić information content (AvgIpc) is 2.99. The van der Waals surface area contributed by atoms with Crippen LogP contribution in [0.1, 0.15) is 5.56 Å². The van der Waals surface area contributed by atoms with Gasteiger partial charge in [0.05, 0.1) is 17.4 Å². The van der Waals surface area contributed by atoms with E-state index in [0.29, 0.717) is 12.6 Å². The van der Waals surface area contributed by atoms with Gasteiger partial charge in [-0.3, -0.25) is 9.59 Å². The van der Waals surface area contributed by atoms with Gasteiger partial charge in [0.15, 0.2) is 0 Å². The molecule has 9 heteroatoms. The van der Waals surface area contributed by atoms with Crippen LogP contribution in [0.5, 0.6) is 0 Å². The Morgan fingerprint density at radius 1 is 1.12 bits per heavy atom. The number of hydrogen-bond donors (Lipinski definition) is 1. The first kappa shape index (κ1) is 17.7. The highest BCUT2D eigenvalue weighted by atomic mass is 19.4. The van der Waals surface area contributed by atoms with Crippen molar-refractivity contribution in [3.8, 4) is 0 Å². The fourth-order valence-electron chi connectivity index (χ4n) is 2.59. The number of fused-ring (bicyclic) bond motifs is 1. The van der Waals surface area contributed by atoms with E-state index in [1.165, 1.54) is 0 Å². The number of imidazole rings is 1. The molecule has 0 saturated carbocycles. The number of aromatic nitrogens is 3. The first-order chi connectivity index (χ1) is 12.4. The number of carbonyl (C=O) groups excluding carboxylic acids is 1. The van der Waals surface area contributed by atoms with E-state index in [-0.39, 0.29) is 6.54 Å². The third-order valence-electron chi connectivity index (χ3n) is 3.84. The summed E-state index contributed by atoms with van der Waals surface area (Å²) in [5.74, 6) is -0.546. The molecule has 1 amide bonds. The normalized spacial score (nSPS) is 11.7. The fourth-order valence-corrected chi connectivity index (χ4v) is 2.59. The molecule has 0 fully saturated rings. The van der Waals surface area contributed by atoms with Gasteiger partial charge in [-0.05, 0) is 24.3 Å². The number of para-hydroxylation sites is 2. The third kappa shape index (κ3) is 3.76. The molecule has 2 aromatic heterocycles. The molecule has 1 aromatic carbocycles. The van der Waals surface area contributed by atoms with Crippen LogP contribution < -0.4 is 10.9 Å². The number of halogens is 3. The van der Waals surface area contributed by atoms with Crippen LogP contribution in [-0.2, 0) is 24.1 Å². The van der Waals surface area contributed by atoms with Crippen molar-refractivity contribution in [2.75, 3.05) is 6.54 Å². The first-order valence-corrected chi connectivity index (χ1v) is 7.79. The summed E-state index contributed by atoms with van der Waals surface area (Å²) in [6.07, 6.45) is -1.95. The predicted octanol–water partition coefficient (Wildman–Crippen LogP) is 2.03. The maximum atomic E-state index is 12.7. The second-order valence-electron chi connectivity index (χ2n) is 5.63. The van der Waals surface area contributed by atoms with Gasteiger partial charge in [0.25, 0.3) is 5.56 Å². The lowest BCUT2D eigenvalue weighted by atomic mass is 10.2. The van der Waals surface area contributed by atoms with Crippen molar-refractivity contribution < 1.29 is 18.0 Å². The van der Waals surface area contributed by atoms with E-state index in [2.05, 4.69) is 10.3 Å². The summed E-state index contributed by atoms with van der Waals surface area (Å²) < 4.78 is 40.8. The Balaban J connectivity index is 1.61. The molecule has 0 aliphatic carbocycles. The molecular weight excluding hydrogens is 349 g/mol. The fraction of sp³-hybridized carbons (Fsp3) is 0.235. The van der Waals surface area contributed by atoms with Gasteiger partial charge in [0, 0.05) is 19.3 Å². The van der Waals surface area contributed by atoms with Crippen molar-refractivity contribution in [3.05, 3.63) is 64.8 Å². The second kappa shape index (κ2) is 7.03. The number of nitrogens with one attached hydrogen (secondary N) is 1. The standard InChI is InChI=1S/C17H15F3N4O2/c18-17(19,20)12-4-3-8-23(16(12)26)10-15(25)21-7-9-24-11-22-13-5-1-2-6-14(13)24/h1-6,8,11H,7,9-10H2,(H,21,25). The molecule has 6 nitrogen and oxygen atoms in total.